The van der Waals surface area contributed by atoms with Crippen LogP contribution in [0.4, 0.5) is 11.4 Å². The van der Waals surface area contributed by atoms with E-state index in [9.17, 15) is 0 Å². The van der Waals surface area contributed by atoms with Gasteiger partial charge >= 0.3 is 0 Å². The van der Waals surface area contributed by atoms with Crippen molar-refractivity contribution in [1.82, 2.24) is 0 Å². The highest BCUT2D eigenvalue weighted by Gasteiger charge is 2.16. The summed E-state index contributed by atoms with van der Waals surface area (Å²) in [6, 6.07) is 17.9. The lowest BCUT2D eigenvalue weighted by Gasteiger charge is -2.33. The molecule has 2 aliphatic heterocycles. The summed E-state index contributed by atoms with van der Waals surface area (Å²) in [5, 5.41) is 0. The lowest BCUT2D eigenvalue weighted by Crippen LogP contribution is -2.36. The highest BCUT2D eigenvalue weighted by molar-refractivity contribution is 7.99. The van der Waals surface area contributed by atoms with Crippen molar-refractivity contribution in [3.05, 3.63) is 48.5 Å². The fourth-order valence-corrected chi connectivity index (χ4v) is 3.70. The van der Waals surface area contributed by atoms with Crippen LogP contribution in [-0.4, -0.2) is 26.2 Å². The van der Waals surface area contributed by atoms with Crippen LogP contribution in [0.3, 0.4) is 0 Å². The van der Waals surface area contributed by atoms with Crippen LogP contribution in [0.25, 0.3) is 0 Å². The number of benzene rings is 2. The molecule has 2 saturated heterocycles. The topological polar surface area (TPSA) is 6.48 Å². The van der Waals surface area contributed by atoms with Crippen molar-refractivity contribution >= 4 is 23.1 Å². The van der Waals surface area contributed by atoms with Crippen molar-refractivity contribution in [2.75, 3.05) is 36.0 Å². The van der Waals surface area contributed by atoms with Gasteiger partial charge in [0.2, 0.25) is 0 Å². The number of rotatable bonds is 4. The zero-order valence-corrected chi connectivity index (χ0v) is 13.0. The van der Waals surface area contributed by atoms with Crippen molar-refractivity contribution < 1.29 is 0 Å². The van der Waals surface area contributed by atoms with Crippen LogP contribution in [0, 0.1) is 0 Å². The molecule has 4 rings (SSSR count). The van der Waals surface area contributed by atoms with Crippen molar-refractivity contribution in [2.45, 2.75) is 22.6 Å². The molecule has 0 atom stereocenters. The molecule has 2 aromatic carbocycles. The summed E-state index contributed by atoms with van der Waals surface area (Å²) in [6.45, 7) is 4.83. The first-order valence-corrected chi connectivity index (χ1v) is 8.58. The summed E-state index contributed by atoms with van der Waals surface area (Å²) in [5.74, 6) is 0. The Morgan fingerprint density at radius 2 is 1.14 bits per heavy atom. The van der Waals surface area contributed by atoms with Crippen LogP contribution in [0.5, 0.6) is 0 Å². The van der Waals surface area contributed by atoms with Crippen molar-refractivity contribution in [1.29, 1.82) is 0 Å². The third kappa shape index (κ3) is 2.75. The molecular formula is C18H20N2S. The summed E-state index contributed by atoms with van der Waals surface area (Å²) in [6.07, 6.45) is 2.66. The Bertz CT molecular complexity index is 577. The van der Waals surface area contributed by atoms with E-state index >= 15 is 0 Å². The van der Waals surface area contributed by atoms with Gasteiger partial charge in [-0.2, -0.15) is 0 Å². The molecule has 21 heavy (non-hydrogen) atoms. The van der Waals surface area contributed by atoms with Gasteiger partial charge in [0.25, 0.3) is 0 Å². The molecule has 0 saturated carbocycles. The van der Waals surface area contributed by atoms with Crippen molar-refractivity contribution in [3.8, 4) is 0 Å². The second-order valence-electron chi connectivity index (χ2n) is 5.78. The number of nitrogens with zero attached hydrogens (tertiary/aromatic N) is 2. The smallest absolute Gasteiger partial charge is 0.0377 e. The van der Waals surface area contributed by atoms with Crippen LogP contribution in [0.2, 0.25) is 0 Å². The summed E-state index contributed by atoms with van der Waals surface area (Å²) in [4.78, 5) is 7.56. The predicted octanol–water partition coefficient (Wildman–Crippen LogP) is 4.26. The summed E-state index contributed by atoms with van der Waals surface area (Å²) in [7, 11) is 0. The third-order valence-electron chi connectivity index (χ3n) is 4.31. The van der Waals surface area contributed by atoms with Gasteiger partial charge in [-0.05, 0) is 49.2 Å². The van der Waals surface area contributed by atoms with E-state index in [0.717, 1.165) is 0 Å². The first-order chi connectivity index (χ1) is 10.4. The fourth-order valence-electron chi connectivity index (χ4n) is 2.77. The second-order valence-corrected chi connectivity index (χ2v) is 6.92. The Hall–Kier alpha value is -1.61. The zero-order valence-electron chi connectivity index (χ0n) is 12.2. The number of hydrogen-bond acceptors (Lipinski definition) is 3. The molecule has 2 nitrogen and oxygen atoms in total. The van der Waals surface area contributed by atoms with Gasteiger partial charge in [-0.15, -0.1) is 0 Å². The maximum atomic E-state index is 2.44. The van der Waals surface area contributed by atoms with E-state index in [1.807, 2.05) is 11.8 Å². The standard InChI is InChI=1S/C18H20N2S/c1-5-15(19-9-3-10-19)13-17(7-1)21-18-8-2-6-16(14-18)20-11-4-12-20/h1-2,5-8,13-14H,3-4,9-12H2. The molecule has 0 spiro atoms. The predicted molar refractivity (Wildman–Crippen MR) is 90.7 cm³/mol. The zero-order chi connectivity index (χ0) is 14.1. The summed E-state index contributed by atoms with van der Waals surface area (Å²) < 4.78 is 0. The highest BCUT2D eigenvalue weighted by Crippen LogP contribution is 2.34. The van der Waals surface area contributed by atoms with E-state index in [1.165, 1.54) is 60.2 Å². The van der Waals surface area contributed by atoms with Gasteiger partial charge in [0.1, 0.15) is 0 Å². The molecule has 0 radical (unpaired) electrons. The number of anilines is 2. The first kappa shape index (κ1) is 13.1. The Morgan fingerprint density at radius 3 is 1.52 bits per heavy atom. The monoisotopic (exact) mass is 296 g/mol. The molecule has 2 aromatic rings. The molecule has 0 amide bonds. The normalized spacial score (nSPS) is 17.3. The minimum absolute atomic E-state index is 1.21. The summed E-state index contributed by atoms with van der Waals surface area (Å²) >= 11 is 1.87. The van der Waals surface area contributed by atoms with Gasteiger partial charge < -0.3 is 9.80 Å². The highest BCUT2D eigenvalue weighted by atomic mass is 32.2. The van der Waals surface area contributed by atoms with Crippen LogP contribution in [-0.2, 0) is 0 Å². The van der Waals surface area contributed by atoms with Gasteiger partial charge in [0.05, 0.1) is 0 Å². The lowest BCUT2D eigenvalue weighted by molar-refractivity contribution is 0.617. The first-order valence-electron chi connectivity index (χ1n) is 7.76. The van der Waals surface area contributed by atoms with Crippen LogP contribution >= 0.6 is 11.8 Å². The van der Waals surface area contributed by atoms with Crippen LogP contribution in [0.15, 0.2) is 58.3 Å². The molecular weight excluding hydrogens is 276 g/mol. The van der Waals surface area contributed by atoms with Gasteiger partial charge in [-0.25, -0.2) is 0 Å². The van der Waals surface area contributed by atoms with E-state index in [2.05, 4.69) is 58.3 Å². The largest absolute Gasteiger partial charge is 0.371 e. The quantitative estimate of drug-likeness (QED) is 0.832. The Morgan fingerprint density at radius 1 is 0.667 bits per heavy atom. The van der Waals surface area contributed by atoms with E-state index in [-0.39, 0.29) is 0 Å². The van der Waals surface area contributed by atoms with Gasteiger partial charge in [0.15, 0.2) is 0 Å². The van der Waals surface area contributed by atoms with Crippen molar-refractivity contribution in [2.24, 2.45) is 0 Å². The fraction of sp³-hybridized carbons (Fsp3) is 0.333. The maximum Gasteiger partial charge on any atom is 0.0377 e. The molecule has 0 bridgehead atoms. The molecule has 108 valence electrons. The average Bonchev–Trinajstić information content (AvgIpc) is 2.35. The lowest BCUT2D eigenvalue weighted by atomic mass is 10.2. The minimum Gasteiger partial charge on any atom is -0.371 e. The van der Waals surface area contributed by atoms with E-state index in [4.69, 9.17) is 0 Å². The summed E-state index contributed by atoms with van der Waals surface area (Å²) in [5.41, 5.74) is 2.73. The molecule has 0 N–H and O–H groups in total. The Balaban J connectivity index is 1.52. The van der Waals surface area contributed by atoms with Gasteiger partial charge in [0, 0.05) is 47.3 Å². The van der Waals surface area contributed by atoms with E-state index < -0.39 is 0 Å². The van der Waals surface area contributed by atoms with E-state index in [0.29, 0.717) is 0 Å². The minimum atomic E-state index is 1.21. The van der Waals surface area contributed by atoms with Gasteiger partial charge in [-0.1, -0.05) is 23.9 Å². The maximum absolute atomic E-state index is 2.44. The third-order valence-corrected chi connectivity index (χ3v) is 5.29. The van der Waals surface area contributed by atoms with Crippen LogP contribution < -0.4 is 9.80 Å². The SMILES string of the molecule is c1cc(Sc2cccc(N3CCC3)c2)cc(N2CCC2)c1. The molecule has 0 unspecified atom stereocenters. The molecule has 2 aliphatic rings. The molecule has 3 heteroatoms. The Kier molecular flexibility index (Phi) is 3.52. The molecule has 0 aromatic heterocycles. The number of hydrogen-bond donors (Lipinski definition) is 0. The Labute approximate surface area is 130 Å². The molecule has 2 heterocycles. The van der Waals surface area contributed by atoms with Gasteiger partial charge in [-0.3, -0.25) is 0 Å². The average molecular weight is 296 g/mol. The second kappa shape index (κ2) is 5.64. The van der Waals surface area contributed by atoms with E-state index in [1.54, 1.807) is 0 Å². The molecule has 2 fully saturated rings. The molecule has 0 aliphatic carbocycles. The van der Waals surface area contributed by atoms with Crippen LogP contribution in [0.1, 0.15) is 12.8 Å². The van der Waals surface area contributed by atoms with Crippen molar-refractivity contribution in [3.63, 3.8) is 0 Å².